The first-order valence-corrected chi connectivity index (χ1v) is 9.17. The predicted molar refractivity (Wildman–Crippen MR) is 98.9 cm³/mol. The van der Waals surface area contributed by atoms with Gasteiger partial charge in [-0.1, -0.05) is 17.3 Å². The fraction of sp³-hybridized carbons (Fsp3) is 0.222. The predicted octanol–water partition coefficient (Wildman–Crippen LogP) is 2.27. The van der Waals surface area contributed by atoms with Crippen molar-refractivity contribution in [2.45, 2.75) is 19.8 Å². The summed E-state index contributed by atoms with van der Waals surface area (Å²) in [5.74, 6) is 0.625. The van der Waals surface area contributed by atoms with Gasteiger partial charge in [0.25, 0.3) is 5.91 Å². The van der Waals surface area contributed by atoms with E-state index in [4.69, 9.17) is 9.26 Å². The second kappa shape index (κ2) is 8.95. The molecule has 2 N–H and O–H groups in total. The lowest BCUT2D eigenvalue weighted by atomic mass is 10.2. The van der Waals surface area contributed by atoms with Crippen LogP contribution in [0.25, 0.3) is 11.4 Å². The molecule has 0 fully saturated rings. The molecule has 0 aliphatic heterocycles. The largest absolute Gasteiger partial charge is 0.484 e. The van der Waals surface area contributed by atoms with Crippen molar-refractivity contribution in [1.82, 2.24) is 21.0 Å². The quantitative estimate of drug-likeness (QED) is 0.603. The first-order valence-electron chi connectivity index (χ1n) is 8.22. The summed E-state index contributed by atoms with van der Waals surface area (Å²) >= 11 is 1.54. The molecule has 140 valence electrons. The fourth-order valence-corrected chi connectivity index (χ4v) is 2.81. The molecule has 0 spiro atoms. The molecule has 3 rings (SSSR count). The lowest BCUT2D eigenvalue weighted by Crippen LogP contribution is -2.43. The molecule has 0 saturated heterocycles. The van der Waals surface area contributed by atoms with E-state index in [2.05, 4.69) is 21.0 Å². The van der Waals surface area contributed by atoms with Crippen molar-refractivity contribution in [2.75, 3.05) is 6.61 Å². The number of benzene rings is 1. The Kier molecular flexibility index (Phi) is 6.16. The van der Waals surface area contributed by atoms with Gasteiger partial charge in [0.05, 0.1) is 0 Å². The van der Waals surface area contributed by atoms with E-state index in [0.717, 1.165) is 11.1 Å². The van der Waals surface area contributed by atoms with Gasteiger partial charge in [0, 0.05) is 23.8 Å². The molecule has 2 amide bonds. The molecule has 3 aromatic rings. The highest BCUT2D eigenvalue weighted by molar-refractivity contribution is 7.08. The van der Waals surface area contributed by atoms with Gasteiger partial charge >= 0.3 is 0 Å². The Balaban J connectivity index is 1.36. The van der Waals surface area contributed by atoms with Gasteiger partial charge in [-0.3, -0.25) is 20.4 Å². The van der Waals surface area contributed by atoms with E-state index >= 15 is 0 Å². The third-order valence-electron chi connectivity index (χ3n) is 3.51. The first-order chi connectivity index (χ1) is 13.1. The number of ether oxygens (including phenoxy) is 1. The van der Waals surface area contributed by atoms with E-state index in [1.54, 1.807) is 6.07 Å². The molecule has 2 heterocycles. The molecule has 0 bridgehead atoms. The van der Waals surface area contributed by atoms with Gasteiger partial charge in [-0.15, -0.1) is 0 Å². The van der Waals surface area contributed by atoms with Crippen molar-refractivity contribution in [1.29, 1.82) is 0 Å². The van der Waals surface area contributed by atoms with Crippen LogP contribution in [0.4, 0.5) is 0 Å². The van der Waals surface area contributed by atoms with E-state index < -0.39 is 5.91 Å². The second-order valence-corrected chi connectivity index (χ2v) is 6.51. The van der Waals surface area contributed by atoms with Crippen LogP contribution < -0.4 is 15.6 Å². The first kappa shape index (κ1) is 18.6. The third-order valence-corrected chi connectivity index (χ3v) is 4.20. The summed E-state index contributed by atoms with van der Waals surface area (Å²) in [6.45, 7) is 1.73. The third kappa shape index (κ3) is 5.65. The Morgan fingerprint density at radius 2 is 2.07 bits per heavy atom. The average molecular weight is 386 g/mol. The number of nitrogens with one attached hydrogen (secondary N) is 2. The lowest BCUT2D eigenvalue weighted by molar-refractivity contribution is -0.130. The summed E-state index contributed by atoms with van der Waals surface area (Å²) in [5.41, 5.74) is 6.54. The van der Waals surface area contributed by atoms with Gasteiger partial charge in [-0.25, -0.2) is 0 Å². The Hall–Kier alpha value is -3.20. The van der Waals surface area contributed by atoms with Gasteiger partial charge in [-0.05, 0) is 36.1 Å². The molecular formula is C18H18N4O4S. The maximum atomic E-state index is 11.8. The summed E-state index contributed by atoms with van der Waals surface area (Å²) in [6, 6.07) is 9.24. The minimum absolute atomic E-state index is 0.101. The number of carbonyl (C=O) groups is 2. The number of aromatic nitrogens is 2. The van der Waals surface area contributed by atoms with Crippen molar-refractivity contribution in [2.24, 2.45) is 0 Å². The number of hydrogen-bond acceptors (Lipinski definition) is 7. The second-order valence-electron chi connectivity index (χ2n) is 5.73. The Morgan fingerprint density at radius 1 is 1.22 bits per heavy atom. The van der Waals surface area contributed by atoms with Crippen LogP contribution in [-0.2, 0) is 16.0 Å². The zero-order chi connectivity index (χ0) is 19.1. The average Bonchev–Trinajstić information content (AvgIpc) is 3.34. The molecule has 27 heavy (non-hydrogen) atoms. The SMILES string of the molecule is Cc1cccc(OCC(=O)NNC(=O)CCc2nc(-c3ccsc3)no2)c1. The van der Waals surface area contributed by atoms with E-state index in [1.807, 2.05) is 41.9 Å². The van der Waals surface area contributed by atoms with Crippen LogP contribution in [0.15, 0.2) is 45.6 Å². The number of hydrogen-bond donors (Lipinski definition) is 2. The van der Waals surface area contributed by atoms with E-state index in [0.29, 0.717) is 17.5 Å². The number of rotatable bonds is 7. The number of hydrazine groups is 1. The molecule has 1 aromatic carbocycles. The highest BCUT2D eigenvalue weighted by Crippen LogP contribution is 2.18. The minimum Gasteiger partial charge on any atom is -0.484 e. The van der Waals surface area contributed by atoms with Crippen molar-refractivity contribution >= 4 is 23.2 Å². The maximum Gasteiger partial charge on any atom is 0.276 e. The zero-order valence-corrected chi connectivity index (χ0v) is 15.4. The van der Waals surface area contributed by atoms with E-state index in [-0.39, 0.29) is 25.4 Å². The smallest absolute Gasteiger partial charge is 0.276 e. The number of amides is 2. The molecule has 0 aliphatic rings. The zero-order valence-electron chi connectivity index (χ0n) is 14.6. The topological polar surface area (TPSA) is 106 Å². The van der Waals surface area contributed by atoms with Crippen molar-refractivity contribution in [3.8, 4) is 17.1 Å². The van der Waals surface area contributed by atoms with Crippen LogP contribution >= 0.6 is 11.3 Å². The molecular weight excluding hydrogens is 368 g/mol. The monoisotopic (exact) mass is 386 g/mol. The number of thiophene rings is 1. The summed E-state index contributed by atoms with van der Waals surface area (Å²) in [4.78, 5) is 27.8. The molecule has 0 unspecified atom stereocenters. The molecule has 9 heteroatoms. The van der Waals surface area contributed by atoms with Crippen LogP contribution in [0.3, 0.4) is 0 Å². The summed E-state index contributed by atoms with van der Waals surface area (Å²) in [5, 5.41) is 7.71. The molecule has 0 atom stereocenters. The van der Waals surface area contributed by atoms with Gasteiger partial charge in [0.2, 0.25) is 17.6 Å². The Morgan fingerprint density at radius 3 is 2.85 bits per heavy atom. The van der Waals surface area contributed by atoms with Crippen LogP contribution in [-0.4, -0.2) is 28.6 Å². The highest BCUT2D eigenvalue weighted by Gasteiger charge is 2.11. The van der Waals surface area contributed by atoms with Gasteiger partial charge in [0.1, 0.15) is 5.75 Å². The van der Waals surface area contributed by atoms with Crippen LogP contribution in [0, 0.1) is 6.92 Å². The summed E-state index contributed by atoms with van der Waals surface area (Å²) in [6.07, 6.45) is 0.378. The normalized spacial score (nSPS) is 10.4. The van der Waals surface area contributed by atoms with E-state index in [9.17, 15) is 9.59 Å². The molecule has 0 radical (unpaired) electrons. The van der Waals surface area contributed by atoms with Gasteiger partial charge < -0.3 is 9.26 Å². The molecule has 0 aliphatic carbocycles. The minimum atomic E-state index is -0.456. The van der Waals surface area contributed by atoms with Crippen molar-refractivity contribution in [3.05, 3.63) is 52.5 Å². The number of nitrogens with zero attached hydrogens (tertiary/aromatic N) is 2. The Bertz CT molecular complexity index is 908. The van der Waals surface area contributed by atoms with Gasteiger partial charge in [-0.2, -0.15) is 16.3 Å². The van der Waals surface area contributed by atoms with E-state index in [1.165, 1.54) is 11.3 Å². The standard InChI is InChI=1S/C18H18N4O4S/c1-12-3-2-4-14(9-12)25-10-16(24)21-20-15(23)5-6-17-19-18(22-26-17)13-7-8-27-11-13/h2-4,7-9,11H,5-6,10H2,1H3,(H,20,23)(H,21,24). The van der Waals surface area contributed by atoms with Crippen molar-refractivity contribution in [3.63, 3.8) is 0 Å². The number of carbonyl (C=O) groups excluding carboxylic acids is 2. The molecule has 8 nitrogen and oxygen atoms in total. The maximum absolute atomic E-state index is 11.8. The Labute approximate surface area is 159 Å². The fourth-order valence-electron chi connectivity index (χ4n) is 2.18. The molecule has 0 saturated carbocycles. The van der Waals surface area contributed by atoms with Gasteiger partial charge in [0.15, 0.2) is 6.61 Å². The van der Waals surface area contributed by atoms with Crippen LogP contribution in [0.5, 0.6) is 5.75 Å². The number of aryl methyl sites for hydroxylation is 2. The summed E-state index contributed by atoms with van der Waals surface area (Å²) < 4.78 is 10.5. The highest BCUT2D eigenvalue weighted by atomic mass is 32.1. The van der Waals surface area contributed by atoms with Crippen LogP contribution in [0.1, 0.15) is 17.9 Å². The van der Waals surface area contributed by atoms with Crippen molar-refractivity contribution < 1.29 is 18.8 Å². The van der Waals surface area contributed by atoms with Crippen LogP contribution in [0.2, 0.25) is 0 Å². The molecule has 2 aromatic heterocycles. The lowest BCUT2D eigenvalue weighted by Gasteiger charge is -2.08. The summed E-state index contributed by atoms with van der Waals surface area (Å²) in [7, 11) is 0.